The number of carbonyl (C=O) groups is 1. The molecular formula is C15H22N2O3S. The molecule has 116 valence electrons. The predicted octanol–water partition coefficient (Wildman–Crippen LogP) is 1.67. The summed E-state index contributed by atoms with van der Waals surface area (Å²) in [6.45, 7) is 5.02. The molecule has 1 fully saturated rings. The molecule has 0 aromatic heterocycles. The Balaban J connectivity index is 1.96. The van der Waals surface area contributed by atoms with Crippen molar-refractivity contribution in [2.45, 2.75) is 50.0 Å². The summed E-state index contributed by atoms with van der Waals surface area (Å²) >= 11 is 0. The number of aryl methyl sites for hydroxylation is 1. The van der Waals surface area contributed by atoms with E-state index in [4.69, 9.17) is 5.14 Å². The van der Waals surface area contributed by atoms with Gasteiger partial charge in [-0.1, -0.05) is 12.1 Å². The number of benzene rings is 1. The van der Waals surface area contributed by atoms with Crippen molar-refractivity contribution in [1.82, 2.24) is 4.90 Å². The van der Waals surface area contributed by atoms with E-state index in [2.05, 4.69) is 13.8 Å². The second-order valence-corrected chi connectivity index (χ2v) is 7.71. The number of rotatable bonds is 4. The quantitative estimate of drug-likeness (QED) is 0.918. The van der Waals surface area contributed by atoms with Crippen LogP contribution in [-0.4, -0.2) is 31.3 Å². The molecule has 0 aliphatic carbocycles. The maximum atomic E-state index is 12.3. The molecule has 1 aromatic carbocycles. The number of likely N-dealkylation sites (tertiary alicyclic amines) is 1. The van der Waals surface area contributed by atoms with Crippen molar-refractivity contribution < 1.29 is 13.2 Å². The number of nitrogens with zero attached hydrogens (tertiary/aromatic N) is 1. The third kappa shape index (κ3) is 3.83. The molecule has 2 N–H and O–H groups in total. The van der Waals surface area contributed by atoms with Gasteiger partial charge in [-0.15, -0.1) is 0 Å². The minimum Gasteiger partial charge on any atom is -0.338 e. The lowest BCUT2D eigenvalue weighted by Crippen LogP contribution is -2.42. The maximum Gasteiger partial charge on any atom is 0.238 e. The summed E-state index contributed by atoms with van der Waals surface area (Å²) in [5.41, 5.74) is 0.891. The summed E-state index contributed by atoms with van der Waals surface area (Å²) in [5, 5.41) is 5.05. The minimum absolute atomic E-state index is 0.0471. The Bertz CT molecular complexity index is 621. The topological polar surface area (TPSA) is 80.5 Å². The van der Waals surface area contributed by atoms with E-state index in [9.17, 15) is 13.2 Å². The van der Waals surface area contributed by atoms with Crippen LogP contribution in [0, 0.1) is 0 Å². The highest BCUT2D eigenvalue weighted by Gasteiger charge is 2.34. The Morgan fingerprint density at radius 3 is 2.38 bits per heavy atom. The molecule has 0 bridgehead atoms. The Labute approximate surface area is 126 Å². The standard InChI is InChI=1S/C15H22N2O3S/c1-15(2)10-3-11-17(15)14(18)9-6-12-4-7-13(8-5-12)21(16,19)20/h4-5,7-8H,3,6,9-11H2,1-2H3,(H2,16,19,20). The summed E-state index contributed by atoms with van der Waals surface area (Å²) in [5.74, 6) is 0.160. The smallest absolute Gasteiger partial charge is 0.238 e. The van der Waals surface area contributed by atoms with E-state index in [1.54, 1.807) is 12.1 Å². The number of amides is 1. The molecule has 1 saturated heterocycles. The molecule has 2 rings (SSSR count). The fourth-order valence-electron chi connectivity index (χ4n) is 2.80. The van der Waals surface area contributed by atoms with Gasteiger partial charge < -0.3 is 4.90 Å². The van der Waals surface area contributed by atoms with Gasteiger partial charge in [-0.25, -0.2) is 13.6 Å². The molecule has 0 spiro atoms. The van der Waals surface area contributed by atoms with Crippen LogP contribution in [0.15, 0.2) is 29.2 Å². The highest BCUT2D eigenvalue weighted by molar-refractivity contribution is 7.89. The van der Waals surface area contributed by atoms with Crippen molar-refractivity contribution in [2.75, 3.05) is 6.54 Å². The van der Waals surface area contributed by atoms with E-state index in [1.165, 1.54) is 12.1 Å². The van der Waals surface area contributed by atoms with Crippen LogP contribution < -0.4 is 5.14 Å². The Morgan fingerprint density at radius 2 is 1.90 bits per heavy atom. The van der Waals surface area contributed by atoms with Crippen LogP contribution in [0.5, 0.6) is 0 Å². The zero-order valence-corrected chi connectivity index (χ0v) is 13.3. The van der Waals surface area contributed by atoms with Crippen LogP contribution in [0.1, 0.15) is 38.7 Å². The van der Waals surface area contributed by atoms with Gasteiger partial charge in [0.15, 0.2) is 0 Å². The van der Waals surface area contributed by atoms with Gasteiger partial charge in [0.2, 0.25) is 15.9 Å². The molecular weight excluding hydrogens is 288 g/mol. The van der Waals surface area contributed by atoms with Crippen LogP contribution in [0.2, 0.25) is 0 Å². The zero-order chi connectivity index (χ0) is 15.7. The van der Waals surface area contributed by atoms with Gasteiger partial charge in [-0.2, -0.15) is 0 Å². The maximum absolute atomic E-state index is 12.3. The van der Waals surface area contributed by atoms with Crippen LogP contribution in [0.4, 0.5) is 0 Å². The average molecular weight is 310 g/mol. The fraction of sp³-hybridized carbons (Fsp3) is 0.533. The van der Waals surface area contributed by atoms with Crippen LogP contribution >= 0.6 is 0 Å². The molecule has 6 heteroatoms. The van der Waals surface area contributed by atoms with Gasteiger partial charge >= 0.3 is 0 Å². The predicted molar refractivity (Wildman–Crippen MR) is 81.2 cm³/mol. The molecule has 21 heavy (non-hydrogen) atoms. The molecule has 1 aliphatic rings. The summed E-state index contributed by atoms with van der Waals surface area (Å²) in [7, 11) is -3.65. The zero-order valence-electron chi connectivity index (χ0n) is 12.5. The van der Waals surface area contributed by atoms with Gasteiger partial charge in [0, 0.05) is 18.5 Å². The first-order chi connectivity index (χ1) is 9.70. The van der Waals surface area contributed by atoms with Crippen molar-refractivity contribution in [3.63, 3.8) is 0 Å². The third-order valence-electron chi connectivity index (χ3n) is 4.08. The number of nitrogens with two attached hydrogens (primary N) is 1. The fourth-order valence-corrected chi connectivity index (χ4v) is 3.32. The number of hydrogen-bond donors (Lipinski definition) is 1. The van der Waals surface area contributed by atoms with E-state index in [-0.39, 0.29) is 16.3 Å². The van der Waals surface area contributed by atoms with Gasteiger partial charge in [0.1, 0.15) is 0 Å². The Kier molecular flexibility index (Phi) is 4.39. The van der Waals surface area contributed by atoms with E-state index in [0.29, 0.717) is 12.8 Å². The Morgan fingerprint density at radius 1 is 1.29 bits per heavy atom. The first-order valence-corrected chi connectivity index (χ1v) is 8.67. The van der Waals surface area contributed by atoms with Gasteiger partial charge in [0.05, 0.1) is 4.90 Å². The van der Waals surface area contributed by atoms with Crippen molar-refractivity contribution in [3.8, 4) is 0 Å². The van der Waals surface area contributed by atoms with Gasteiger partial charge in [-0.3, -0.25) is 4.79 Å². The second-order valence-electron chi connectivity index (χ2n) is 6.15. The minimum atomic E-state index is -3.65. The summed E-state index contributed by atoms with van der Waals surface area (Å²) in [6, 6.07) is 6.38. The first-order valence-electron chi connectivity index (χ1n) is 7.12. The molecule has 1 aliphatic heterocycles. The molecule has 1 heterocycles. The highest BCUT2D eigenvalue weighted by atomic mass is 32.2. The molecule has 1 amide bonds. The molecule has 5 nitrogen and oxygen atoms in total. The Hall–Kier alpha value is -1.40. The highest BCUT2D eigenvalue weighted by Crippen LogP contribution is 2.28. The van der Waals surface area contributed by atoms with E-state index < -0.39 is 10.0 Å². The first kappa shape index (κ1) is 16.0. The van der Waals surface area contributed by atoms with Crippen LogP contribution in [-0.2, 0) is 21.2 Å². The number of sulfonamides is 1. The van der Waals surface area contributed by atoms with Crippen LogP contribution in [0.3, 0.4) is 0 Å². The number of primary sulfonamides is 1. The van der Waals surface area contributed by atoms with E-state index in [0.717, 1.165) is 24.9 Å². The summed E-state index contributed by atoms with van der Waals surface area (Å²) in [6.07, 6.45) is 3.15. The largest absolute Gasteiger partial charge is 0.338 e. The molecule has 1 aromatic rings. The average Bonchev–Trinajstić information content (AvgIpc) is 2.75. The summed E-state index contributed by atoms with van der Waals surface area (Å²) < 4.78 is 22.3. The normalized spacial score (nSPS) is 18.0. The molecule has 0 saturated carbocycles. The monoisotopic (exact) mass is 310 g/mol. The third-order valence-corrected chi connectivity index (χ3v) is 5.01. The number of carbonyl (C=O) groups excluding carboxylic acids is 1. The molecule has 0 radical (unpaired) electrons. The molecule has 0 atom stereocenters. The molecule has 0 unspecified atom stereocenters. The second kappa shape index (κ2) is 5.77. The van der Waals surface area contributed by atoms with E-state index in [1.807, 2.05) is 4.90 Å². The summed E-state index contributed by atoms with van der Waals surface area (Å²) in [4.78, 5) is 14.3. The van der Waals surface area contributed by atoms with E-state index >= 15 is 0 Å². The van der Waals surface area contributed by atoms with Crippen molar-refractivity contribution in [2.24, 2.45) is 5.14 Å². The van der Waals surface area contributed by atoms with Crippen LogP contribution in [0.25, 0.3) is 0 Å². The van der Waals surface area contributed by atoms with Gasteiger partial charge in [-0.05, 0) is 50.8 Å². The lowest BCUT2D eigenvalue weighted by atomic mass is 10.0. The van der Waals surface area contributed by atoms with Gasteiger partial charge in [0.25, 0.3) is 0 Å². The van der Waals surface area contributed by atoms with Crippen molar-refractivity contribution in [3.05, 3.63) is 29.8 Å². The van der Waals surface area contributed by atoms with Crippen molar-refractivity contribution >= 4 is 15.9 Å². The lowest BCUT2D eigenvalue weighted by molar-refractivity contribution is -0.134. The van der Waals surface area contributed by atoms with Crippen molar-refractivity contribution in [1.29, 1.82) is 0 Å². The SMILES string of the molecule is CC1(C)CCCN1C(=O)CCc1ccc(S(N)(=O)=O)cc1. The number of hydrogen-bond acceptors (Lipinski definition) is 3. The lowest BCUT2D eigenvalue weighted by Gasteiger charge is -2.31.